The van der Waals surface area contributed by atoms with Crippen molar-refractivity contribution in [3.8, 4) is 5.75 Å². The summed E-state index contributed by atoms with van der Waals surface area (Å²) >= 11 is 7.39. The highest BCUT2D eigenvalue weighted by atomic mass is 35.5. The first kappa shape index (κ1) is 17.0. The van der Waals surface area contributed by atoms with E-state index in [-0.39, 0.29) is 10.9 Å². The summed E-state index contributed by atoms with van der Waals surface area (Å²) in [6, 6.07) is 10.6. The van der Waals surface area contributed by atoms with Crippen LogP contribution in [0, 0.1) is 0 Å². The lowest BCUT2D eigenvalue weighted by Gasteiger charge is -2.07. The number of nitrogens with zero attached hydrogens (tertiary/aromatic N) is 2. The van der Waals surface area contributed by atoms with Crippen molar-refractivity contribution in [2.24, 2.45) is 5.10 Å². The molecule has 0 unspecified atom stereocenters. The molecular weight excluding hydrogens is 364 g/mol. The van der Waals surface area contributed by atoms with Crippen LogP contribution in [0.15, 0.2) is 52.2 Å². The Kier molecular flexibility index (Phi) is 5.32. The zero-order valence-electron chi connectivity index (χ0n) is 13.0. The van der Waals surface area contributed by atoms with Gasteiger partial charge in [0.2, 0.25) is 0 Å². The summed E-state index contributed by atoms with van der Waals surface area (Å²) in [7, 11) is 1.59. The maximum atomic E-state index is 11.7. The Morgan fingerprint density at radius 3 is 2.96 bits per heavy atom. The number of aromatic nitrogens is 1. The van der Waals surface area contributed by atoms with Crippen LogP contribution in [0.2, 0.25) is 5.15 Å². The van der Waals surface area contributed by atoms with Gasteiger partial charge in [0.1, 0.15) is 5.75 Å². The molecule has 9 heteroatoms. The molecule has 0 saturated carbocycles. The molecule has 1 aromatic carbocycles. The summed E-state index contributed by atoms with van der Waals surface area (Å²) in [5.74, 6) is 0.412. The number of furan rings is 1. The number of amides is 1. The molecule has 128 valence electrons. The SMILES string of the molecule is COc1ccccc1Nc1nc(Cl)c(/C=N/NC(=O)c2ccco2)s1. The first-order valence-corrected chi connectivity index (χ1v) is 8.30. The fraction of sp³-hybridized carbons (Fsp3) is 0.0625. The average molecular weight is 377 g/mol. The van der Waals surface area contributed by atoms with Crippen LogP contribution < -0.4 is 15.5 Å². The van der Waals surface area contributed by atoms with E-state index in [1.807, 2.05) is 24.3 Å². The highest BCUT2D eigenvalue weighted by molar-refractivity contribution is 7.17. The summed E-state index contributed by atoms with van der Waals surface area (Å²) < 4.78 is 10.3. The van der Waals surface area contributed by atoms with Crippen LogP contribution in [0.1, 0.15) is 15.4 Å². The number of methoxy groups -OCH3 is 1. The Balaban J connectivity index is 1.68. The third-order valence-electron chi connectivity index (χ3n) is 3.05. The van der Waals surface area contributed by atoms with Gasteiger partial charge in [0.25, 0.3) is 0 Å². The molecule has 3 rings (SSSR count). The zero-order valence-corrected chi connectivity index (χ0v) is 14.6. The quantitative estimate of drug-likeness (QED) is 0.503. The van der Waals surface area contributed by atoms with Crippen LogP contribution in [0.4, 0.5) is 10.8 Å². The highest BCUT2D eigenvalue weighted by Crippen LogP contribution is 2.31. The number of anilines is 2. The molecule has 2 heterocycles. The highest BCUT2D eigenvalue weighted by Gasteiger charge is 2.11. The molecule has 25 heavy (non-hydrogen) atoms. The van der Waals surface area contributed by atoms with E-state index in [1.54, 1.807) is 19.2 Å². The number of thiazole rings is 1. The van der Waals surface area contributed by atoms with Gasteiger partial charge in [-0.3, -0.25) is 4.79 Å². The number of ether oxygens (including phenoxy) is 1. The number of nitrogens with one attached hydrogen (secondary N) is 2. The smallest absolute Gasteiger partial charge is 0.307 e. The molecule has 7 nitrogen and oxygen atoms in total. The van der Waals surface area contributed by atoms with E-state index in [0.717, 1.165) is 5.69 Å². The number of benzene rings is 1. The van der Waals surface area contributed by atoms with Crippen molar-refractivity contribution in [3.05, 3.63) is 58.5 Å². The lowest BCUT2D eigenvalue weighted by molar-refractivity contribution is 0.0927. The summed E-state index contributed by atoms with van der Waals surface area (Å²) in [6.45, 7) is 0. The number of carbonyl (C=O) groups excluding carboxylic acids is 1. The maximum Gasteiger partial charge on any atom is 0.307 e. The van der Waals surface area contributed by atoms with Crippen molar-refractivity contribution in [1.82, 2.24) is 10.4 Å². The molecule has 0 spiro atoms. The van der Waals surface area contributed by atoms with Crippen LogP contribution in [0.5, 0.6) is 5.75 Å². The molecule has 0 saturated heterocycles. The minimum atomic E-state index is -0.450. The fourth-order valence-electron chi connectivity index (χ4n) is 1.92. The monoisotopic (exact) mass is 376 g/mol. The largest absolute Gasteiger partial charge is 0.495 e. The summed E-state index contributed by atoms with van der Waals surface area (Å²) in [5.41, 5.74) is 3.12. The number of hydrogen-bond donors (Lipinski definition) is 2. The molecule has 2 N–H and O–H groups in total. The second-order valence-corrected chi connectivity index (χ2v) is 6.06. The second-order valence-electron chi connectivity index (χ2n) is 4.68. The molecule has 0 radical (unpaired) electrons. The van der Waals surface area contributed by atoms with E-state index < -0.39 is 5.91 Å². The van der Waals surface area contributed by atoms with Crippen LogP contribution >= 0.6 is 22.9 Å². The Morgan fingerprint density at radius 2 is 2.20 bits per heavy atom. The van der Waals surface area contributed by atoms with Crippen molar-refractivity contribution >= 4 is 45.9 Å². The van der Waals surface area contributed by atoms with Gasteiger partial charge in [-0.05, 0) is 24.3 Å². The zero-order chi connectivity index (χ0) is 17.6. The van der Waals surface area contributed by atoms with Crippen molar-refractivity contribution in [1.29, 1.82) is 0 Å². The maximum absolute atomic E-state index is 11.7. The summed E-state index contributed by atoms with van der Waals surface area (Å²) in [4.78, 5) is 16.5. The first-order chi connectivity index (χ1) is 12.2. The first-order valence-electron chi connectivity index (χ1n) is 7.10. The minimum Gasteiger partial charge on any atom is -0.495 e. The van der Waals surface area contributed by atoms with Gasteiger partial charge in [-0.2, -0.15) is 5.10 Å². The Bertz CT molecular complexity index is 893. The Morgan fingerprint density at radius 1 is 1.36 bits per heavy atom. The minimum absolute atomic E-state index is 0.172. The number of halogens is 1. The average Bonchev–Trinajstić information content (AvgIpc) is 3.26. The summed E-state index contributed by atoms with van der Waals surface area (Å²) in [6.07, 6.45) is 2.84. The molecule has 0 aliphatic heterocycles. The standard InChI is InChI=1S/C16H13ClN4O3S/c1-23-11-6-3-2-5-10(11)19-16-20-14(17)13(25-16)9-18-21-15(22)12-7-4-8-24-12/h2-9H,1H3,(H,19,20)(H,21,22)/b18-9+. The Labute approximate surface area is 152 Å². The Hall–Kier alpha value is -2.84. The van der Waals surface area contributed by atoms with Gasteiger partial charge in [0.15, 0.2) is 16.0 Å². The van der Waals surface area contributed by atoms with Gasteiger partial charge in [0.05, 0.1) is 30.2 Å². The summed E-state index contributed by atoms with van der Waals surface area (Å²) in [5, 5.41) is 7.86. The predicted molar refractivity (Wildman–Crippen MR) is 97.2 cm³/mol. The van der Waals surface area contributed by atoms with E-state index in [1.165, 1.54) is 23.8 Å². The predicted octanol–water partition coefficient (Wildman–Crippen LogP) is 3.91. The van der Waals surface area contributed by atoms with Crippen molar-refractivity contribution < 1.29 is 13.9 Å². The number of para-hydroxylation sites is 2. The van der Waals surface area contributed by atoms with Gasteiger partial charge < -0.3 is 14.5 Å². The molecule has 0 aliphatic carbocycles. The van der Waals surface area contributed by atoms with Crippen LogP contribution in [0.25, 0.3) is 0 Å². The lowest BCUT2D eigenvalue weighted by atomic mass is 10.3. The fourth-order valence-corrected chi connectivity index (χ4v) is 2.96. The molecule has 0 bridgehead atoms. The number of hydrazone groups is 1. The third kappa shape index (κ3) is 4.17. The van der Waals surface area contributed by atoms with E-state index >= 15 is 0 Å². The van der Waals surface area contributed by atoms with Crippen molar-refractivity contribution in [3.63, 3.8) is 0 Å². The molecule has 1 amide bonds. The van der Waals surface area contributed by atoms with Crippen LogP contribution in [0.3, 0.4) is 0 Å². The van der Waals surface area contributed by atoms with Crippen LogP contribution in [-0.2, 0) is 0 Å². The molecule has 2 aromatic heterocycles. The van der Waals surface area contributed by atoms with Crippen LogP contribution in [-0.4, -0.2) is 24.2 Å². The van der Waals surface area contributed by atoms with E-state index in [2.05, 4.69) is 20.8 Å². The van der Waals surface area contributed by atoms with Crippen molar-refractivity contribution in [2.45, 2.75) is 0 Å². The van der Waals surface area contributed by atoms with Crippen molar-refractivity contribution in [2.75, 3.05) is 12.4 Å². The molecular formula is C16H13ClN4O3S. The topological polar surface area (TPSA) is 88.8 Å². The van der Waals surface area contributed by atoms with Gasteiger partial charge in [-0.15, -0.1) is 0 Å². The lowest BCUT2D eigenvalue weighted by Crippen LogP contribution is -2.16. The normalized spacial score (nSPS) is 10.8. The number of rotatable bonds is 6. The number of carbonyl (C=O) groups is 1. The van der Waals surface area contributed by atoms with E-state index in [9.17, 15) is 4.79 Å². The molecule has 3 aromatic rings. The van der Waals surface area contributed by atoms with Gasteiger partial charge in [0, 0.05) is 0 Å². The molecule has 0 atom stereocenters. The van der Waals surface area contributed by atoms with Gasteiger partial charge >= 0.3 is 5.91 Å². The number of hydrogen-bond acceptors (Lipinski definition) is 7. The van der Waals surface area contributed by atoms with Gasteiger partial charge in [-0.1, -0.05) is 35.1 Å². The van der Waals surface area contributed by atoms with Gasteiger partial charge in [-0.25, -0.2) is 10.4 Å². The molecule has 0 fully saturated rings. The van der Waals surface area contributed by atoms with E-state index in [4.69, 9.17) is 20.8 Å². The second kappa shape index (κ2) is 7.82. The molecule has 0 aliphatic rings. The van der Waals surface area contributed by atoms with E-state index in [0.29, 0.717) is 15.8 Å². The third-order valence-corrected chi connectivity index (χ3v) is 4.36.